The first-order valence-electron chi connectivity index (χ1n) is 6.24. The minimum Gasteiger partial charge on any atom is -0.508 e. The lowest BCUT2D eigenvalue weighted by atomic mass is 10.1. The molecule has 2 aromatic carbocycles. The van der Waals surface area contributed by atoms with E-state index in [0.717, 1.165) is 0 Å². The van der Waals surface area contributed by atoms with Gasteiger partial charge in [0.1, 0.15) is 17.2 Å². The molecule has 0 radical (unpaired) electrons. The summed E-state index contributed by atoms with van der Waals surface area (Å²) in [6.07, 6.45) is 0. The summed E-state index contributed by atoms with van der Waals surface area (Å²) in [6.45, 7) is 0.0896. The van der Waals surface area contributed by atoms with E-state index < -0.39 is 5.91 Å². The number of nitrogens with two attached hydrogens (primary N) is 1. The van der Waals surface area contributed by atoms with Crippen LogP contribution in [0.4, 0.5) is 5.69 Å². The molecule has 0 saturated heterocycles. The number of hydrogen-bond acceptors (Lipinski definition) is 5. The highest BCUT2D eigenvalue weighted by Crippen LogP contribution is 2.23. The van der Waals surface area contributed by atoms with E-state index in [-0.39, 0.29) is 23.6 Å². The molecule has 6 heteroatoms. The number of phenolic OH excluding ortho intramolecular Hbond substituents is 2. The van der Waals surface area contributed by atoms with E-state index in [4.69, 9.17) is 10.5 Å². The van der Waals surface area contributed by atoms with Crippen LogP contribution in [0.5, 0.6) is 17.2 Å². The fourth-order valence-corrected chi connectivity index (χ4v) is 1.84. The van der Waals surface area contributed by atoms with Crippen molar-refractivity contribution in [2.45, 2.75) is 6.54 Å². The number of carbonyl (C=O) groups excluding carboxylic acids is 1. The number of carbonyl (C=O) groups is 1. The molecule has 0 atom stereocenters. The van der Waals surface area contributed by atoms with E-state index >= 15 is 0 Å². The third kappa shape index (κ3) is 3.36. The standard InChI is InChI=1S/C15H16N2O4/c1-21-11-3-5-14(19)12(7-11)15(20)17-8-9-6-10(16)2-4-13(9)18/h2-7,18-19H,8,16H2,1H3,(H,17,20). The number of ether oxygens (including phenoxy) is 1. The second kappa shape index (κ2) is 6.04. The normalized spacial score (nSPS) is 10.1. The summed E-state index contributed by atoms with van der Waals surface area (Å²) in [5.74, 6) is -0.123. The van der Waals surface area contributed by atoms with Crippen molar-refractivity contribution >= 4 is 11.6 Å². The van der Waals surface area contributed by atoms with Gasteiger partial charge in [-0.1, -0.05) is 0 Å². The fraction of sp³-hybridized carbons (Fsp3) is 0.133. The predicted octanol–water partition coefficient (Wildman–Crippen LogP) is 1.62. The summed E-state index contributed by atoms with van der Waals surface area (Å²) >= 11 is 0. The van der Waals surface area contributed by atoms with Crippen LogP contribution in [0.25, 0.3) is 0 Å². The van der Waals surface area contributed by atoms with Gasteiger partial charge < -0.3 is 26.0 Å². The quantitative estimate of drug-likeness (QED) is 0.505. The van der Waals surface area contributed by atoms with Crippen LogP contribution in [0.3, 0.4) is 0 Å². The van der Waals surface area contributed by atoms with Gasteiger partial charge in [0.05, 0.1) is 12.7 Å². The van der Waals surface area contributed by atoms with Crippen LogP contribution >= 0.6 is 0 Å². The van der Waals surface area contributed by atoms with Crippen molar-refractivity contribution in [1.29, 1.82) is 0 Å². The number of hydrogen-bond donors (Lipinski definition) is 4. The molecular formula is C15H16N2O4. The van der Waals surface area contributed by atoms with Gasteiger partial charge in [-0.05, 0) is 36.4 Å². The summed E-state index contributed by atoms with van der Waals surface area (Å²) in [6, 6.07) is 8.96. The highest BCUT2D eigenvalue weighted by Gasteiger charge is 2.13. The maximum atomic E-state index is 12.1. The van der Waals surface area contributed by atoms with Gasteiger partial charge in [0.2, 0.25) is 0 Å². The number of amides is 1. The van der Waals surface area contributed by atoms with Crippen LogP contribution in [0.15, 0.2) is 36.4 Å². The number of aromatic hydroxyl groups is 2. The number of methoxy groups -OCH3 is 1. The first kappa shape index (κ1) is 14.5. The minimum atomic E-state index is -0.478. The van der Waals surface area contributed by atoms with Gasteiger partial charge >= 0.3 is 0 Å². The van der Waals surface area contributed by atoms with Crippen molar-refractivity contribution < 1.29 is 19.7 Å². The van der Waals surface area contributed by atoms with Gasteiger partial charge in [0, 0.05) is 17.8 Å². The molecule has 21 heavy (non-hydrogen) atoms. The van der Waals surface area contributed by atoms with Crippen LogP contribution in [-0.2, 0) is 6.54 Å². The third-order valence-corrected chi connectivity index (χ3v) is 2.99. The smallest absolute Gasteiger partial charge is 0.255 e. The highest BCUT2D eigenvalue weighted by atomic mass is 16.5. The van der Waals surface area contributed by atoms with E-state index in [2.05, 4.69) is 5.32 Å². The number of rotatable bonds is 4. The molecule has 0 spiro atoms. The molecule has 0 aliphatic carbocycles. The lowest BCUT2D eigenvalue weighted by Gasteiger charge is -2.10. The van der Waals surface area contributed by atoms with E-state index in [9.17, 15) is 15.0 Å². The summed E-state index contributed by atoms with van der Waals surface area (Å²) in [4.78, 5) is 12.1. The Labute approximate surface area is 121 Å². The van der Waals surface area contributed by atoms with Gasteiger partial charge in [-0.15, -0.1) is 0 Å². The van der Waals surface area contributed by atoms with Crippen molar-refractivity contribution in [3.05, 3.63) is 47.5 Å². The molecule has 2 aromatic rings. The summed E-state index contributed by atoms with van der Waals surface area (Å²) in [5, 5.41) is 22.0. The Bertz CT molecular complexity index is 671. The van der Waals surface area contributed by atoms with Crippen molar-refractivity contribution in [3.63, 3.8) is 0 Å². The number of anilines is 1. The van der Waals surface area contributed by atoms with Crippen LogP contribution in [-0.4, -0.2) is 23.2 Å². The Morgan fingerprint density at radius 1 is 1.19 bits per heavy atom. The lowest BCUT2D eigenvalue weighted by Crippen LogP contribution is -2.23. The third-order valence-electron chi connectivity index (χ3n) is 2.99. The van der Waals surface area contributed by atoms with Crippen LogP contribution in [0.2, 0.25) is 0 Å². The number of phenols is 2. The zero-order chi connectivity index (χ0) is 15.4. The Kier molecular flexibility index (Phi) is 4.18. The Morgan fingerprint density at radius 2 is 1.90 bits per heavy atom. The SMILES string of the molecule is COc1ccc(O)c(C(=O)NCc2cc(N)ccc2O)c1. The van der Waals surface area contributed by atoms with Crippen molar-refractivity contribution in [2.24, 2.45) is 0 Å². The summed E-state index contributed by atoms with van der Waals surface area (Å²) in [5.41, 5.74) is 6.70. The second-order valence-electron chi connectivity index (χ2n) is 4.45. The van der Waals surface area contributed by atoms with Gasteiger partial charge in [0.25, 0.3) is 5.91 Å². The molecule has 2 rings (SSSR count). The number of nitrogens with one attached hydrogen (secondary N) is 1. The zero-order valence-corrected chi connectivity index (χ0v) is 11.5. The number of nitrogen functional groups attached to an aromatic ring is 1. The van der Waals surface area contributed by atoms with E-state index in [1.807, 2.05) is 0 Å². The lowest BCUT2D eigenvalue weighted by molar-refractivity contribution is 0.0947. The van der Waals surface area contributed by atoms with E-state index in [1.54, 1.807) is 18.2 Å². The van der Waals surface area contributed by atoms with Crippen LogP contribution in [0.1, 0.15) is 15.9 Å². The molecular weight excluding hydrogens is 272 g/mol. The Hall–Kier alpha value is -2.89. The first-order valence-corrected chi connectivity index (χ1v) is 6.24. The average molecular weight is 288 g/mol. The maximum absolute atomic E-state index is 12.1. The molecule has 0 fully saturated rings. The monoisotopic (exact) mass is 288 g/mol. The maximum Gasteiger partial charge on any atom is 0.255 e. The Morgan fingerprint density at radius 3 is 2.62 bits per heavy atom. The second-order valence-corrected chi connectivity index (χ2v) is 4.45. The molecule has 110 valence electrons. The molecule has 0 aromatic heterocycles. The zero-order valence-electron chi connectivity index (χ0n) is 11.5. The topological polar surface area (TPSA) is 105 Å². The molecule has 0 heterocycles. The molecule has 1 amide bonds. The molecule has 0 bridgehead atoms. The van der Waals surface area contributed by atoms with Crippen LogP contribution < -0.4 is 15.8 Å². The molecule has 0 saturated carbocycles. The van der Waals surface area contributed by atoms with Gasteiger partial charge in [-0.25, -0.2) is 0 Å². The van der Waals surface area contributed by atoms with Crippen molar-refractivity contribution in [3.8, 4) is 17.2 Å². The molecule has 0 aliphatic heterocycles. The molecule has 6 nitrogen and oxygen atoms in total. The summed E-state index contributed by atoms with van der Waals surface area (Å²) in [7, 11) is 1.47. The van der Waals surface area contributed by atoms with Crippen molar-refractivity contribution in [1.82, 2.24) is 5.32 Å². The highest BCUT2D eigenvalue weighted by molar-refractivity contribution is 5.97. The van der Waals surface area contributed by atoms with Crippen LogP contribution in [0, 0.1) is 0 Å². The van der Waals surface area contributed by atoms with E-state index in [0.29, 0.717) is 17.0 Å². The first-order chi connectivity index (χ1) is 10.0. The average Bonchev–Trinajstić information content (AvgIpc) is 2.48. The molecule has 0 aliphatic rings. The fourth-order valence-electron chi connectivity index (χ4n) is 1.84. The van der Waals surface area contributed by atoms with Crippen molar-refractivity contribution in [2.75, 3.05) is 12.8 Å². The van der Waals surface area contributed by atoms with Gasteiger partial charge in [-0.2, -0.15) is 0 Å². The number of benzene rings is 2. The largest absolute Gasteiger partial charge is 0.508 e. The van der Waals surface area contributed by atoms with Gasteiger partial charge in [-0.3, -0.25) is 4.79 Å². The molecule has 5 N–H and O–H groups in total. The summed E-state index contributed by atoms with van der Waals surface area (Å²) < 4.78 is 5.01. The van der Waals surface area contributed by atoms with Gasteiger partial charge in [0.15, 0.2) is 0 Å². The molecule has 0 unspecified atom stereocenters. The minimum absolute atomic E-state index is 0.0411. The predicted molar refractivity (Wildman–Crippen MR) is 78.3 cm³/mol. The van der Waals surface area contributed by atoms with E-state index in [1.165, 1.54) is 25.3 Å². The Balaban J connectivity index is 2.13.